The van der Waals surface area contributed by atoms with E-state index < -0.39 is 0 Å². The highest BCUT2D eigenvalue weighted by Gasteiger charge is 2.24. The highest BCUT2D eigenvalue weighted by molar-refractivity contribution is 14.0. The number of aliphatic imine (C=N–C) groups is 1. The van der Waals surface area contributed by atoms with Crippen LogP contribution in [0.5, 0.6) is 0 Å². The molecule has 1 saturated heterocycles. The first-order chi connectivity index (χ1) is 11.4. The van der Waals surface area contributed by atoms with Crippen LogP contribution in [-0.4, -0.2) is 74.4 Å². The van der Waals surface area contributed by atoms with Gasteiger partial charge in [0, 0.05) is 46.7 Å². The van der Waals surface area contributed by atoms with Crippen molar-refractivity contribution in [2.75, 3.05) is 40.8 Å². The Balaban J connectivity index is 0.00000576. The van der Waals surface area contributed by atoms with Crippen LogP contribution in [0.4, 0.5) is 0 Å². The van der Waals surface area contributed by atoms with Gasteiger partial charge < -0.3 is 20.4 Å². The summed E-state index contributed by atoms with van der Waals surface area (Å²) in [7, 11) is 5.16. The lowest BCUT2D eigenvalue weighted by atomic mass is 9.93. The number of rotatable bonds is 6. The molecule has 8 heteroatoms. The zero-order valence-electron chi connectivity index (χ0n) is 16.2. The van der Waals surface area contributed by atoms with Crippen molar-refractivity contribution in [2.45, 2.75) is 45.6 Å². The van der Waals surface area contributed by atoms with Crippen molar-refractivity contribution < 1.29 is 9.59 Å². The molecule has 1 aliphatic heterocycles. The number of nitrogens with zero attached hydrogens (tertiary/aromatic N) is 3. The third-order valence-electron chi connectivity index (χ3n) is 4.52. The van der Waals surface area contributed by atoms with Gasteiger partial charge in [0.2, 0.25) is 11.8 Å². The van der Waals surface area contributed by atoms with Crippen LogP contribution in [0.2, 0.25) is 0 Å². The van der Waals surface area contributed by atoms with E-state index in [-0.39, 0.29) is 42.3 Å². The van der Waals surface area contributed by atoms with Crippen LogP contribution in [0.1, 0.15) is 39.5 Å². The van der Waals surface area contributed by atoms with Crippen LogP contribution in [0, 0.1) is 5.92 Å². The summed E-state index contributed by atoms with van der Waals surface area (Å²) < 4.78 is 0. The normalized spacial score (nSPS) is 16.7. The van der Waals surface area contributed by atoms with Crippen molar-refractivity contribution in [2.24, 2.45) is 10.9 Å². The molecule has 146 valence electrons. The first kappa shape index (κ1) is 23.9. The number of guanidine groups is 1. The lowest BCUT2D eigenvalue weighted by molar-refractivity contribution is -0.127. The molecule has 2 N–H and O–H groups in total. The number of carbonyl (C=O) groups is 2. The minimum absolute atomic E-state index is 0. The molecule has 7 nitrogen and oxygen atoms in total. The van der Waals surface area contributed by atoms with E-state index in [4.69, 9.17) is 0 Å². The Labute approximate surface area is 169 Å². The zero-order valence-corrected chi connectivity index (χ0v) is 18.5. The topological polar surface area (TPSA) is 77.0 Å². The summed E-state index contributed by atoms with van der Waals surface area (Å²) in [6.45, 7) is 6.11. The highest BCUT2D eigenvalue weighted by atomic mass is 127. The Morgan fingerprint density at radius 1 is 1.28 bits per heavy atom. The largest absolute Gasteiger partial charge is 0.359 e. The minimum atomic E-state index is -0.00652. The Morgan fingerprint density at radius 3 is 2.36 bits per heavy atom. The molecule has 0 radical (unpaired) electrons. The lowest BCUT2D eigenvalue weighted by Crippen LogP contribution is -2.49. The van der Waals surface area contributed by atoms with Crippen LogP contribution in [0.25, 0.3) is 0 Å². The number of hydrogen-bond acceptors (Lipinski definition) is 3. The smallest absolute Gasteiger partial charge is 0.243 e. The van der Waals surface area contributed by atoms with E-state index in [1.807, 2.05) is 0 Å². The summed E-state index contributed by atoms with van der Waals surface area (Å²) in [5, 5.41) is 6.12. The first-order valence-corrected chi connectivity index (χ1v) is 8.84. The number of likely N-dealkylation sites (N-methyl/N-ethyl adjacent to an activating group) is 1. The summed E-state index contributed by atoms with van der Waals surface area (Å²) in [6.07, 6.45) is 3.52. The SMILES string of the molecule is CCC(C)NC(=NCC(=O)N(C)C)N1CCC(CC(=O)NC)CC1.I. The molecule has 1 unspecified atom stereocenters. The Morgan fingerprint density at radius 2 is 1.88 bits per heavy atom. The molecular weight excluding hydrogens is 433 g/mol. The fourth-order valence-electron chi connectivity index (χ4n) is 2.56. The van der Waals surface area contributed by atoms with Crippen LogP contribution in [-0.2, 0) is 9.59 Å². The molecular formula is C17H34IN5O2. The number of likely N-dealkylation sites (tertiary alicyclic amines) is 1. The van der Waals surface area contributed by atoms with E-state index in [0.29, 0.717) is 18.4 Å². The molecule has 0 bridgehead atoms. The molecule has 0 saturated carbocycles. The van der Waals surface area contributed by atoms with Crippen molar-refractivity contribution >= 4 is 41.8 Å². The van der Waals surface area contributed by atoms with Gasteiger partial charge in [-0.15, -0.1) is 24.0 Å². The Bertz CT molecular complexity index is 448. The second kappa shape index (κ2) is 12.3. The van der Waals surface area contributed by atoms with Gasteiger partial charge in [-0.1, -0.05) is 6.92 Å². The predicted molar refractivity (Wildman–Crippen MR) is 112 cm³/mol. The van der Waals surface area contributed by atoms with E-state index in [2.05, 4.69) is 34.4 Å². The molecule has 25 heavy (non-hydrogen) atoms. The van der Waals surface area contributed by atoms with Gasteiger partial charge in [-0.25, -0.2) is 4.99 Å². The fourth-order valence-corrected chi connectivity index (χ4v) is 2.56. The van der Waals surface area contributed by atoms with Gasteiger partial charge >= 0.3 is 0 Å². The quantitative estimate of drug-likeness (QED) is 0.351. The van der Waals surface area contributed by atoms with Crippen LogP contribution >= 0.6 is 24.0 Å². The van der Waals surface area contributed by atoms with E-state index in [1.54, 1.807) is 26.0 Å². The summed E-state index contributed by atoms with van der Waals surface area (Å²) in [5.74, 6) is 1.33. The molecule has 1 atom stereocenters. The van der Waals surface area contributed by atoms with Gasteiger partial charge in [0.15, 0.2) is 5.96 Å². The second-order valence-electron chi connectivity index (χ2n) is 6.69. The van der Waals surface area contributed by atoms with Crippen LogP contribution in [0.15, 0.2) is 4.99 Å². The van der Waals surface area contributed by atoms with Gasteiger partial charge in [0.05, 0.1) is 0 Å². The zero-order chi connectivity index (χ0) is 18.1. The standard InChI is InChI=1S/C17H33N5O2.HI/c1-6-13(2)20-17(19-12-16(24)21(4)5)22-9-7-14(8-10-22)11-15(23)18-3;/h13-14H,6-12H2,1-5H3,(H,18,23)(H,19,20);1H. The number of carbonyl (C=O) groups excluding carboxylic acids is 2. The van der Waals surface area contributed by atoms with Crippen molar-refractivity contribution in [3.05, 3.63) is 0 Å². The maximum absolute atomic E-state index is 11.8. The average Bonchev–Trinajstić information content (AvgIpc) is 2.58. The molecule has 1 fully saturated rings. The third-order valence-corrected chi connectivity index (χ3v) is 4.52. The maximum atomic E-state index is 11.8. The molecule has 2 amide bonds. The number of amides is 2. The number of nitrogens with one attached hydrogen (secondary N) is 2. The maximum Gasteiger partial charge on any atom is 0.243 e. The summed E-state index contributed by atoms with van der Waals surface area (Å²) in [4.78, 5) is 31.6. The molecule has 1 aliphatic rings. The molecule has 0 aromatic rings. The second-order valence-corrected chi connectivity index (χ2v) is 6.69. The van der Waals surface area contributed by atoms with Gasteiger partial charge in [-0.2, -0.15) is 0 Å². The average molecular weight is 467 g/mol. The van der Waals surface area contributed by atoms with Crippen molar-refractivity contribution in [3.8, 4) is 0 Å². The number of halogens is 1. The van der Waals surface area contributed by atoms with E-state index in [9.17, 15) is 9.59 Å². The van der Waals surface area contributed by atoms with Crippen molar-refractivity contribution in [1.29, 1.82) is 0 Å². The Kier molecular flexibility index (Phi) is 11.8. The first-order valence-electron chi connectivity index (χ1n) is 8.84. The third kappa shape index (κ3) is 8.73. The fraction of sp³-hybridized carbons (Fsp3) is 0.824. The molecule has 1 heterocycles. The number of hydrogen-bond donors (Lipinski definition) is 2. The molecule has 0 aliphatic carbocycles. The van der Waals surface area contributed by atoms with E-state index in [1.165, 1.54) is 0 Å². The number of piperidine rings is 1. The van der Waals surface area contributed by atoms with Gasteiger partial charge in [0.25, 0.3) is 0 Å². The highest BCUT2D eigenvalue weighted by Crippen LogP contribution is 2.20. The van der Waals surface area contributed by atoms with Crippen molar-refractivity contribution in [1.82, 2.24) is 20.4 Å². The molecule has 0 aromatic heterocycles. The lowest BCUT2D eigenvalue weighted by Gasteiger charge is -2.35. The molecule has 0 aromatic carbocycles. The van der Waals surface area contributed by atoms with Gasteiger partial charge in [-0.05, 0) is 32.1 Å². The Hall–Kier alpha value is -1.06. The summed E-state index contributed by atoms with van der Waals surface area (Å²) in [6, 6.07) is 0.307. The summed E-state index contributed by atoms with van der Waals surface area (Å²) in [5.41, 5.74) is 0. The van der Waals surface area contributed by atoms with Crippen LogP contribution in [0.3, 0.4) is 0 Å². The van der Waals surface area contributed by atoms with Gasteiger partial charge in [-0.3, -0.25) is 9.59 Å². The molecule has 1 rings (SSSR count). The van der Waals surface area contributed by atoms with Crippen LogP contribution < -0.4 is 10.6 Å². The van der Waals surface area contributed by atoms with Gasteiger partial charge in [0.1, 0.15) is 6.54 Å². The van der Waals surface area contributed by atoms with E-state index in [0.717, 1.165) is 38.3 Å². The monoisotopic (exact) mass is 467 g/mol. The predicted octanol–water partition coefficient (Wildman–Crippen LogP) is 1.28. The van der Waals surface area contributed by atoms with Crippen molar-refractivity contribution in [3.63, 3.8) is 0 Å². The van der Waals surface area contributed by atoms with E-state index >= 15 is 0 Å². The minimum Gasteiger partial charge on any atom is -0.359 e. The molecule has 0 spiro atoms. The summed E-state index contributed by atoms with van der Waals surface area (Å²) >= 11 is 0.